The van der Waals surface area contributed by atoms with Crippen molar-refractivity contribution in [2.24, 2.45) is 5.73 Å². The fraction of sp³-hybridized carbons (Fsp3) is 0.200. The van der Waals surface area contributed by atoms with Gasteiger partial charge in [-0.1, -0.05) is 48.6 Å². The molecule has 2 heteroatoms. The molecule has 22 heavy (non-hydrogen) atoms. The number of hydrogen-bond acceptors (Lipinski definition) is 2. The molecule has 0 amide bonds. The van der Waals surface area contributed by atoms with Gasteiger partial charge in [-0.15, -0.1) is 0 Å². The lowest BCUT2D eigenvalue weighted by atomic mass is 9.86. The van der Waals surface area contributed by atoms with E-state index in [0.717, 1.165) is 30.5 Å². The van der Waals surface area contributed by atoms with Crippen molar-refractivity contribution < 1.29 is 0 Å². The van der Waals surface area contributed by atoms with Crippen LogP contribution in [0.1, 0.15) is 24.8 Å². The fourth-order valence-electron chi connectivity index (χ4n) is 3.63. The summed E-state index contributed by atoms with van der Waals surface area (Å²) in [5.41, 5.74) is 16.0. The van der Waals surface area contributed by atoms with Crippen molar-refractivity contribution in [3.05, 3.63) is 62.8 Å². The van der Waals surface area contributed by atoms with Crippen LogP contribution in [0.3, 0.4) is 0 Å². The highest BCUT2D eigenvalue weighted by atomic mass is 14.7. The van der Waals surface area contributed by atoms with Gasteiger partial charge in [-0.25, -0.2) is 0 Å². The molecule has 1 unspecified atom stereocenters. The second-order valence-electron chi connectivity index (χ2n) is 6.07. The average molecular weight is 288 g/mol. The van der Waals surface area contributed by atoms with Gasteiger partial charge in [-0.3, -0.25) is 0 Å². The quantitative estimate of drug-likeness (QED) is 0.743. The molecule has 0 saturated heterocycles. The molecule has 0 radical (unpaired) electrons. The minimum atomic E-state index is -0.000901. The second kappa shape index (κ2) is 5.15. The molecule has 2 aliphatic rings. The predicted octanol–water partition coefficient (Wildman–Crippen LogP) is 0.334. The van der Waals surface area contributed by atoms with Crippen LogP contribution in [0.5, 0.6) is 0 Å². The maximum absolute atomic E-state index is 6.48. The fourth-order valence-corrected chi connectivity index (χ4v) is 3.63. The van der Waals surface area contributed by atoms with Crippen LogP contribution in [-0.2, 0) is 0 Å². The van der Waals surface area contributed by atoms with Crippen molar-refractivity contribution in [2.75, 3.05) is 5.73 Å². The molecule has 0 saturated carbocycles. The van der Waals surface area contributed by atoms with E-state index >= 15 is 0 Å². The highest BCUT2D eigenvalue weighted by Crippen LogP contribution is 2.20. The maximum atomic E-state index is 6.48. The minimum absolute atomic E-state index is 0.000901. The summed E-state index contributed by atoms with van der Waals surface area (Å²) in [4.78, 5) is 0. The van der Waals surface area contributed by atoms with Gasteiger partial charge in [0.1, 0.15) is 0 Å². The Morgan fingerprint density at radius 1 is 0.864 bits per heavy atom. The van der Waals surface area contributed by atoms with Crippen LogP contribution in [-0.4, -0.2) is 6.04 Å². The van der Waals surface area contributed by atoms with Crippen LogP contribution in [0.4, 0.5) is 5.69 Å². The molecule has 110 valence electrons. The zero-order chi connectivity index (χ0) is 15.1. The van der Waals surface area contributed by atoms with Crippen molar-refractivity contribution in [3.8, 4) is 0 Å². The van der Waals surface area contributed by atoms with Gasteiger partial charge in [0.15, 0.2) is 0 Å². The second-order valence-corrected chi connectivity index (χ2v) is 6.07. The van der Waals surface area contributed by atoms with Crippen LogP contribution in [0.15, 0.2) is 36.4 Å². The Morgan fingerprint density at radius 2 is 1.68 bits per heavy atom. The molecule has 2 aliphatic carbocycles. The Hall–Kier alpha value is -2.32. The normalized spacial score (nSPS) is 19.3. The van der Waals surface area contributed by atoms with Gasteiger partial charge in [0.2, 0.25) is 0 Å². The molecule has 4 N–H and O–H groups in total. The predicted molar refractivity (Wildman–Crippen MR) is 93.5 cm³/mol. The summed E-state index contributed by atoms with van der Waals surface area (Å²) < 4.78 is 0. The Bertz CT molecular complexity index is 983. The van der Waals surface area contributed by atoms with Crippen LogP contribution in [0.2, 0.25) is 0 Å². The minimum Gasteiger partial charge on any atom is -0.398 e. The molecule has 2 aromatic carbocycles. The largest absolute Gasteiger partial charge is 0.398 e. The van der Waals surface area contributed by atoms with Crippen LogP contribution in [0, 0.1) is 0 Å². The van der Waals surface area contributed by atoms with Gasteiger partial charge in [-0.2, -0.15) is 0 Å². The SMILES string of the molecule is Nc1ccc2c(c1C1=c3ccccc3=CCC1N)=CCCC=2. The van der Waals surface area contributed by atoms with Gasteiger partial charge in [0.25, 0.3) is 0 Å². The van der Waals surface area contributed by atoms with Crippen molar-refractivity contribution in [1.82, 2.24) is 0 Å². The summed E-state index contributed by atoms with van der Waals surface area (Å²) in [5, 5.41) is 5.02. The summed E-state index contributed by atoms with van der Waals surface area (Å²) in [7, 11) is 0. The molecular weight excluding hydrogens is 268 g/mol. The number of hydrogen-bond donors (Lipinski definition) is 2. The first-order chi connectivity index (χ1) is 10.8. The molecule has 0 fully saturated rings. The molecule has 0 spiro atoms. The van der Waals surface area contributed by atoms with E-state index in [1.807, 2.05) is 6.07 Å². The zero-order valence-corrected chi connectivity index (χ0v) is 12.5. The highest BCUT2D eigenvalue weighted by molar-refractivity contribution is 5.80. The van der Waals surface area contributed by atoms with E-state index in [0.29, 0.717) is 0 Å². The summed E-state index contributed by atoms with van der Waals surface area (Å²) in [6.45, 7) is 0. The molecule has 0 aromatic heterocycles. The lowest BCUT2D eigenvalue weighted by Crippen LogP contribution is -2.42. The summed E-state index contributed by atoms with van der Waals surface area (Å²) in [5.74, 6) is 0. The van der Waals surface area contributed by atoms with E-state index in [1.54, 1.807) is 0 Å². The first-order valence-electron chi connectivity index (χ1n) is 7.90. The smallest absolute Gasteiger partial charge is 0.0397 e. The van der Waals surface area contributed by atoms with Gasteiger partial charge in [-0.05, 0) is 51.8 Å². The van der Waals surface area contributed by atoms with Crippen LogP contribution >= 0.6 is 0 Å². The van der Waals surface area contributed by atoms with E-state index in [-0.39, 0.29) is 6.04 Å². The lowest BCUT2D eigenvalue weighted by Gasteiger charge is -2.22. The number of fused-ring (bicyclic) bond motifs is 2. The molecule has 1 atom stereocenters. The molecule has 4 rings (SSSR count). The average Bonchev–Trinajstić information content (AvgIpc) is 2.56. The Balaban J connectivity index is 2.20. The van der Waals surface area contributed by atoms with Crippen LogP contribution < -0.4 is 32.3 Å². The Morgan fingerprint density at radius 3 is 2.59 bits per heavy atom. The van der Waals surface area contributed by atoms with Crippen molar-refractivity contribution in [2.45, 2.75) is 25.3 Å². The Kier molecular flexibility index (Phi) is 3.12. The van der Waals surface area contributed by atoms with Gasteiger partial charge < -0.3 is 11.5 Å². The van der Waals surface area contributed by atoms with E-state index in [2.05, 4.69) is 48.6 Å². The summed E-state index contributed by atoms with van der Waals surface area (Å²) in [6.07, 6.45) is 9.86. The third kappa shape index (κ3) is 1.99. The zero-order valence-electron chi connectivity index (χ0n) is 12.5. The van der Waals surface area contributed by atoms with Crippen molar-refractivity contribution in [3.63, 3.8) is 0 Å². The van der Waals surface area contributed by atoms with Crippen LogP contribution in [0.25, 0.3) is 23.8 Å². The number of benzene rings is 2. The number of nitrogens with two attached hydrogens (primary N) is 2. The standard InChI is InChI=1S/C20H20N2/c21-17-11-9-13-5-1-3-7-15(13)19(17)20-16-8-4-2-6-14(16)10-12-18(20)22/h1,3,5-10,12,17H,2,4,11,21-22H2. The lowest BCUT2D eigenvalue weighted by molar-refractivity contribution is 0.859. The third-order valence-corrected chi connectivity index (χ3v) is 4.67. The van der Waals surface area contributed by atoms with Gasteiger partial charge in [0, 0.05) is 17.3 Å². The topological polar surface area (TPSA) is 52.0 Å². The number of anilines is 1. The van der Waals surface area contributed by atoms with Crippen molar-refractivity contribution in [1.29, 1.82) is 0 Å². The maximum Gasteiger partial charge on any atom is 0.0397 e. The Labute approximate surface area is 129 Å². The highest BCUT2D eigenvalue weighted by Gasteiger charge is 2.19. The molecular formula is C20H20N2. The molecule has 2 nitrogen and oxygen atoms in total. The monoisotopic (exact) mass is 288 g/mol. The summed E-state index contributed by atoms with van der Waals surface area (Å²) in [6, 6.07) is 12.6. The molecule has 0 bridgehead atoms. The summed E-state index contributed by atoms with van der Waals surface area (Å²) >= 11 is 0. The van der Waals surface area contributed by atoms with E-state index < -0.39 is 0 Å². The van der Waals surface area contributed by atoms with Crippen molar-refractivity contribution >= 4 is 29.5 Å². The number of rotatable bonds is 1. The van der Waals surface area contributed by atoms with E-state index in [1.165, 1.54) is 26.4 Å². The van der Waals surface area contributed by atoms with Gasteiger partial charge in [0.05, 0.1) is 0 Å². The molecule has 0 aliphatic heterocycles. The van der Waals surface area contributed by atoms with E-state index in [9.17, 15) is 0 Å². The van der Waals surface area contributed by atoms with Gasteiger partial charge >= 0.3 is 0 Å². The van der Waals surface area contributed by atoms with E-state index in [4.69, 9.17) is 11.5 Å². The first kappa shape index (κ1) is 13.4. The molecule has 0 heterocycles. The first-order valence-corrected chi connectivity index (χ1v) is 7.90. The third-order valence-electron chi connectivity index (χ3n) is 4.67. The molecule has 2 aromatic rings. The number of nitrogen functional groups attached to an aromatic ring is 1.